The second-order valence-corrected chi connectivity index (χ2v) is 5.79. The van der Waals surface area contributed by atoms with E-state index in [1.807, 2.05) is 6.92 Å². The third-order valence-electron chi connectivity index (χ3n) is 4.05. The SMILES string of the molecule is CCOCCCC(=O)N(CC1CCCNC1)C1CC1. The van der Waals surface area contributed by atoms with Gasteiger partial charge in [-0.3, -0.25) is 4.79 Å². The average Bonchev–Trinajstić information content (AvgIpc) is 3.26. The van der Waals surface area contributed by atoms with E-state index >= 15 is 0 Å². The summed E-state index contributed by atoms with van der Waals surface area (Å²) < 4.78 is 5.31. The van der Waals surface area contributed by atoms with Crippen LogP contribution in [0.2, 0.25) is 0 Å². The molecule has 110 valence electrons. The molecule has 4 heteroatoms. The first-order chi connectivity index (χ1) is 9.31. The zero-order valence-corrected chi connectivity index (χ0v) is 12.2. The van der Waals surface area contributed by atoms with Crippen molar-refractivity contribution in [1.82, 2.24) is 10.2 Å². The summed E-state index contributed by atoms with van der Waals surface area (Å²) in [6, 6.07) is 0.543. The van der Waals surface area contributed by atoms with Crippen molar-refractivity contribution in [3.05, 3.63) is 0 Å². The predicted molar refractivity (Wildman–Crippen MR) is 76.1 cm³/mol. The number of nitrogens with zero attached hydrogens (tertiary/aromatic N) is 1. The van der Waals surface area contributed by atoms with E-state index < -0.39 is 0 Å². The lowest BCUT2D eigenvalue weighted by molar-refractivity contribution is -0.132. The summed E-state index contributed by atoms with van der Waals surface area (Å²) in [4.78, 5) is 14.5. The van der Waals surface area contributed by atoms with Crippen LogP contribution < -0.4 is 5.32 Å². The quantitative estimate of drug-likeness (QED) is 0.682. The largest absolute Gasteiger partial charge is 0.382 e. The molecule has 0 spiro atoms. The molecule has 1 atom stereocenters. The third kappa shape index (κ3) is 5.11. The minimum atomic E-state index is 0.341. The molecule has 4 nitrogen and oxygen atoms in total. The van der Waals surface area contributed by atoms with Crippen molar-refractivity contribution >= 4 is 5.91 Å². The monoisotopic (exact) mass is 268 g/mol. The molecular weight excluding hydrogens is 240 g/mol. The van der Waals surface area contributed by atoms with E-state index in [1.165, 1.54) is 25.7 Å². The number of carbonyl (C=O) groups excluding carboxylic acids is 1. The molecule has 1 amide bonds. The van der Waals surface area contributed by atoms with Gasteiger partial charge in [0.25, 0.3) is 0 Å². The van der Waals surface area contributed by atoms with Crippen LogP contribution in [0.4, 0.5) is 0 Å². The normalized spacial score (nSPS) is 23.3. The number of amides is 1. The minimum Gasteiger partial charge on any atom is -0.382 e. The van der Waals surface area contributed by atoms with Gasteiger partial charge in [-0.05, 0) is 58.0 Å². The Hall–Kier alpha value is -0.610. The highest BCUT2D eigenvalue weighted by atomic mass is 16.5. The maximum atomic E-state index is 12.3. The van der Waals surface area contributed by atoms with Crippen molar-refractivity contribution < 1.29 is 9.53 Å². The van der Waals surface area contributed by atoms with E-state index in [-0.39, 0.29) is 0 Å². The van der Waals surface area contributed by atoms with Gasteiger partial charge in [-0.15, -0.1) is 0 Å². The van der Waals surface area contributed by atoms with Crippen molar-refractivity contribution in [3.63, 3.8) is 0 Å². The molecule has 0 radical (unpaired) electrons. The zero-order chi connectivity index (χ0) is 13.5. The zero-order valence-electron chi connectivity index (χ0n) is 12.2. The van der Waals surface area contributed by atoms with Gasteiger partial charge >= 0.3 is 0 Å². The topological polar surface area (TPSA) is 41.6 Å². The Balaban J connectivity index is 1.73. The number of rotatable bonds is 8. The van der Waals surface area contributed by atoms with E-state index in [1.54, 1.807) is 0 Å². The Morgan fingerprint density at radius 1 is 1.37 bits per heavy atom. The van der Waals surface area contributed by atoms with Crippen LogP contribution in [0.1, 0.15) is 45.4 Å². The fourth-order valence-electron chi connectivity index (χ4n) is 2.81. The lowest BCUT2D eigenvalue weighted by atomic mass is 9.99. The van der Waals surface area contributed by atoms with Crippen molar-refractivity contribution in [3.8, 4) is 0 Å². The van der Waals surface area contributed by atoms with E-state index in [9.17, 15) is 4.79 Å². The number of hydrogen-bond acceptors (Lipinski definition) is 3. The van der Waals surface area contributed by atoms with Crippen LogP contribution in [-0.4, -0.2) is 49.7 Å². The summed E-state index contributed by atoms with van der Waals surface area (Å²) >= 11 is 0. The molecule has 2 fully saturated rings. The molecule has 1 saturated carbocycles. The van der Waals surface area contributed by atoms with Crippen LogP contribution in [0.3, 0.4) is 0 Å². The highest BCUT2D eigenvalue weighted by molar-refractivity contribution is 5.76. The van der Waals surface area contributed by atoms with Crippen LogP contribution in [0, 0.1) is 5.92 Å². The van der Waals surface area contributed by atoms with E-state index in [2.05, 4.69) is 10.2 Å². The second kappa shape index (κ2) is 7.85. The molecule has 0 aromatic heterocycles. The molecule has 1 unspecified atom stereocenters. The summed E-state index contributed by atoms with van der Waals surface area (Å²) in [5, 5.41) is 3.44. The van der Waals surface area contributed by atoms with Gasteiger partial charge in [-0.1, -0.05) is 0 Å². The number of hydrogen-bond donors (Lipinski definition) is 1. The number of ether oxygens (including phenoxy) is 1. The molecular formula is C15H28N2O2. The molecule has 0 aromatic rings. The molecule has 1 heterocycles. The highest BCUT2D eigenvalue weighted by Crippen LogP contribution is 2.29. The smallest absolute Gasteiger partial charge is 0.222 e. The maximum absolute atomic E-state index is 12.3. The van der Waals surface area contributed by atoms with Crippen molar-refractivity contribution in [2.24, 2.45) is 5.92 Å². The van der Waals surface area contributed by atoms with E-state index in [0.717, 1.165) is 32.7 Å². The van der Waals surface area contributed by atoms with Crippen LogP contribution in [0.25, 0.3) is 0 Å². The van der Waals surface area contributed by atoms with Gasteiger partial charge in [-0.2, -0.15) is 0 Å². The van der Waals surface area contributed by atoms with Crippen LogP contribution >= 0.6 is 0 Å². The highest BCUT2D eigenvalue weighted by Gasteiger charge is 2.33. The van der Waals surface area contributed by atoms with Crippen LogP contribution in [-0.2, 0) is 9.53 Å². The summed E-state index contributed by atoms with van der Waals surface area (Å²) in [5.74, 6) is 0.998. The Morgan fingerprint density at radius 3 is 2.84 bits per heavy atom. The molecule has 0 bridgehead atoms. The molecule has 1 saturated heterocycles. The number of carbonyl (C=O) groups is 1. The van der Waals surface area contributed by atoms with Gasteiger partial charge < -0.3 is 15.0 Å². The molecule has 0 aromatic carbocycles. The Kier molecular flexibility index (Phi) is 6.11. The van der Waals surface area contributed by atoms with Crippen LogP contribution in [0.5, 0.6) is 0 Å². The van der Waals surface area contributed by atoms with Gasteiger partial charge in [0.05, 0.1) is 0 Å². The maximum Gasteiger partial charge on any atom is 0.222 e. The summed E-state index contributed by atoms with van der Waals surface area (Å²) in [6.45, 7) is 6.64. The van der Waals surface area contributed by atoms with Gasteiger partial charge in [0, 0.05) is 32.2 Å². The first-order valence-corrected chi connectivity index (χ1v) is 7.89. The van der Waals surface area contributed by atoms with Gasteiger partial charge in [-0.25, -0.2) is 0 Å². The fraction of sp³-hybridized carbons (Fsp3) is 0.933. The first kappa shape index (κ1) is 14.8. The summed E-state index contributed by atoms with van der Waals surface area (Å²) in [7, 11) is 0. The Labute approximate surface area is 116 Å². The lowest BCUT2D eigenvalue weighted by Gasteiger charge is -2.30. The first-order valence-electron chi connectivity index (χ1n) is 7.89. The fourth-order valence-corrected chi connectivity index (χ4v) is 2.81. The predicted octanol–water partition coefficient (Wildman–Crippen LogP) is 1.79. The molecule has 1 aliphatic heterocycles. The van der Waals surface area contributed by atoms with E-state index in [4.69, 9.17) is 4.74 Å². The average molecular weight is 268 g/mol. The summed E-state index contributed by atoms with van der Waals surface area (Å²) in [5.41, 5.74) is 0. The summed E-state index contributed by atoms with van der Waals surface area (Å²) in [6.07, 6.45) is 6.44. The minimum absolute atomic E-state index is 0.341. The van der Waals surface area contributed by atoms with Crippen molar-refractivity contribution in [1.29, 1.82) is 0 Å². The Morgan fingerprint density at radius 2 is 2.21 bits per heavy atom. The lowest BCUT2D eigenvalue weighted by Crippen LogP contribution is -2.42. The molecule has 1 aliphatic carbocycles. The second-order valence-electron chi connectivity index (χ2n) is 5.79. The Bertz CT molecular complexity index is 273. The van der Waals surface area contributed by atoms with Crippen molar-refractivity contribution in [2.45, 2.75) is 51.5 Å². The van der Waals surface area contributed by atoms with E-state index in [0.29, 0.717) is 30.9 Å². The van der Waals surface area contributed by atoms with Crippen LogP contribution in [0.15, 0.2) is 0 Å². The third-order valence-corrected chi connectivity index (χ3v) is 4.05. The number of piperidine rings is 1. The molecule has 19 heavy (non-hydrogen) atoms. The standard InChI is InChI=1S/C15H28N2O2/c1-2-19-10-4-6-15(18)17(14-7-8-14)12-13-5-3-9-16-11-13/h13-14,16H,2-12H2,1H3. The van der Waals surface area contributed by atoms with Gasteiger partial charge in [0.15, 0.2) is 0 Å². The van der Waals surface area contributed by atoms with Gasteiger partial charge in [0.1, 0.15) is 0 Å². The molecule has 1 N–H and O–H groups in total. The molecule has 2 aliphatic rings. The van der Waals surface area contributed by atoms with Gasteiger partial charge in [0.2, 0.25) is 5.91 Å². The number of nitrogens with one attached hydrogen (secondary N) is 1. The molecule has 2 rings (SSSR count). The van der Waals surface area contributed by atoms with Crippen molar-refractivity contribution in [2.75, 3.05) is 32.8 Å².